The molecule has 0 amide bonds. The van der Waals surface area contributed by atoms with Crippen LogP contribution in [0, 0.1) is 0 Å². The fourth-order valence-corrected chi connectivity index (χ4v) is 3.75. The molecule has 2 aromatic rings. The van der Waals surface area contributed by atoms with E-state index in [4.69, 9.17) is 4.18 Å². The standard InChI is InChI=1S/C15H15BrO3S/c1-11(2)12-7-3-5-9-14(12)19-20(17,18)15-10-6-4-8-13(15)16/h3-11H,1-2H3. The highest BCUT2D eigenvalue weighted by molar-refractivity contribution is 9.10. The third kappa shape index (κ3) is 3.22. The van der Waals surface area contributed by atoms with Crippen LogP contribution in [0.2, 0.25) is 0 Å². The van der Waals surface area contributed by atoms with Crippen LogP contribution in [0.4, 0.5) is 0 Å². The molecule has 0 aliphatic heterocycles. The molecule has 20 heavy (non-hydrogen) atoms. The van der Waals surface area contributed by atoms with Gasteiger partial charge in [0, 0.05) is 4.47 Å². The summed E-state index contributed by atoms with van der Waals surface area (Å²) in [6.07, 6.45) is 0. The highest BCUT2D eigenvalue weighted by atomic mass is 79.9. The first kappa shape index (κ1) is 15.1. The Morgan fingerprint density at radius 3 is 2.25 bits per heavy atom. The Bertz CT molecular complexity index is 709. The summed E-state index contributed by atoms with van der Waals surface area (Å²) in [7, 11) is -3.85. The monoisotopic (exact) mass is 354 g/mol. The van der Waals surface area contributed by atoms with Crippen molar-refractivity contribution in [1.82, 2.24) is 0 Å². The molecule has 0 aromatic heterocycles. The number of hydrogen-bond acceptors (Lipinski definition) is 3. The van der Waals surface area contributed by atoms with Crippen molar-refractivity contribution in [3.05, 3.63) is 58.6 Å². The zero-order valence-electron chi connectivity index (χ0n) is 11.2. The Kier molecular flexibility index (Phi) is 4.50. The van der Waals surface area contributed by atoms with Gasteiger partial charge in [-0.2, -0.15) is 8.42 Å². The smallest absolute Gasteiger partial charge is 0.340 e. The number of benzene rings is 2. The molecule has 3 nitrogen and oxygen atoms in total. The summed E-state index contributed by atoms with van der Waals surface area (Å²) in [6, 6.07) is 13.8. The minimum Gasteiger partial charge on any atom is -0.379 e. The Hall–Kier alpha value is -1.33. The number of rotatable bonds is 4. The number of hydrogen-bond donors (Lipinski definition) is 0. The lowest BCUT2D eigenvalue weighted by atomic mass is 10.0. The molecule has 0 saturated carbocycles. The summed E-state index contributed by atoms with van der Waals surface area (Å²) in [6.45, 7) is 3.99. The van der Waals surface area contributed by atoms with Crippen LogP contribution in [-0.2, 0) is 10.1 Å². The van der Waals surface area contributed by atoms with Crippen LogP contribution in [0.25, 0.3) is 0 Å². The van der Waals surface area contributed by atoms with E-state index >= 15 is 0 Å². The van der Waals surface area contributed by atoms with Gasteiger partial charge in [0.05, 0.1) is 0 Å². The summed E-state index contributed by atoms with van der Waals surface area (Å²) >= 11 is 3.23. The largest absolute Gasteiger partial charge is 0.379 e. The molecular weight excluding hydrogens is 340 g/mol. The summed E-state index contributed by atoms with van der Waals surface area (Å²) in [5, 5.41) is 0. The maximum Gasteiger partial charge on any atom is 0.340 e. The van der Waals surface area contributed by atoms with Gasteiger partial charge in [-0.1, -0.05) is 44.2 Å². The second-order valence-electron chi connectivity index (χ2n) is 4.66. The lowest BCUT2D eigenvalue weighted by molar-refractivity contribution is 0.481. The van der Waals surface area contributed by atoms with E-state index in [2.05, 4.69) is 15.9 Å². The molecule has 106 valence electrons. The predicted molar refractivity (Wildman–Crippen MR) is 82.5 cm³/mol. The molecule has 0 bridgehead atoms. The minimum atomic E-state index is -3.85. The maximum absolute atomic E-state index is 12.3. The zero-order chi connectivity index (χ0) is 14.8. The first-order valence-corrected chi connectivity index (χ1v) is 8.40. The van der Waals surface area contributed by atoms with Crippen molar-refractivity contribution in [2.24, 2.45) is 0 Å². The molecule has 2 aromatic carbocycles. The van der Waals surface area contributed by atoms with Crippen molar-refractivity contribution in [3.8, 4) is 5.75 Å². The Balaban J connectivity index is 2.42. The lowest BCUT2D eigenvalue weighted by Gasteiger charge is -2.14. The highest BCUT2D eigenvalue weighted by Crippen LogP contribution is 2.30. The molecule has 0 atom stereocenters. The second kappa shape index (κ2) is 5.97. The first-order chi connectivity index (χ1) is 9.42. The van der Waals surface area contributed by atoms with Crippen molar-refractivity contribution >= 4 is 26.0 Å². The SMILES string of the molecule is CC(C)c1ccccc1OS(=O)(=O)c1ccccc1Br. The van der Waals surface area contributed by atoms with Crippen LogP contribution >= 0.6 is 15.9 Å². The van der Waals surface area contributed by atoms with Crippen molar-refractivity contribution in [2.75, 3.05) is 0 Å². The number of para-hydroxylation sites is 1. The molecule has 0 unspecified atom stereocenters. The normalized spacial score (nSPS) is 11.6. The van der Waals surface area contributed by atoms with Crippen molar-refractivity contribution in [2.45, 2.75) is 24.7 Å². The molecule has 0 heterocycles. The maximum atomic E-state index is 12.3. The van der Waals surface area contributed by atoms with Crippen LogP contribution in [0.1, 0.15) is 25.3 Å². The van der Waals surface area contributed by atoms with Crippen LogP contribution in [0.15, 0.2) is 57.9 Å². The van der Waals surface area contributed by atoms with Crippen molar-refractivity contribution < 1.29 is 12.6 Å². The third-order valence-corrected chi connectivity index (χ3v) is 5.09. The van der Waals surface area contributed by atoms with Crippen LogP contribution < -0.4 is 4.18 Å². The summed E-state index contributed by atoms with van der Waals surface area (Å²) in [5.74, 6) is 0.555. The lowest BCUT2D eigenvalue weighted by Crippen LogP contribution is -2.11. The fraction of sp³-hybridized carbons (Fsp3) is 0.200. The molecule has 0 aliphatic rings. The van der Waals surface area contributed by atoms with Crippen LogP contribution in [0.3, 0.4) is 0 Å². The van der Waals surface area contributed by atoms with E-state index in [-0.39, 0.29) is 10.8 Å². The van der Waals surface area contributed by atoms with Gasteiger partial charge in [-0.3, -0.25) is 0 Å². The average Bonchev–Trinajstić information content (AvgIpc) is 2.39. The average molecular weight is 355 g/mol. The predicted octanol–water partition coefficient (Wildman–Crippen LogP) is 4.34. The van der Waals surface area contributed by atoms with E-state index < -0.39 is 10.1 Å². The van der Waals surface area contributed by atoms with Gasteiger partial charge < -0.3 is 4.18 Å². The molecule has 0 radical (unpaired) electrons. The molecule has 0 saturated heterocycles. The van der Waals surface area contributed by atoms with E-state index in [1.54, 1.807) is 30.3 Å². The zero-order valence-corrected chi connectivity index (χ0v) is 13.6. The quantitative estimate of drug-likeness (QED) is 0.767. The van der Waals surface area contributed by atoms with Crippen molar-refractivity contribution in [3.63, 3.8) is 0 Å². The van der Waals surface area contributed by atoms with Crippen LogP contribution in [-0.4, -0.2) is 8.42 Å². The molecular formula is C15H15BrO3S. The molecule has 0 N–H and O–H groups in total. The Morgan fingerprint density at radius 1 is 1.00 bits per heavy atom. The summed E-state index contributed by atoms with van der Waals surface area (Å²) < 4.78 is 30.5. The topological polar surface area (TPSA) is 43.4 Å². The van der Waals surface area contributed by atoms with Gasteiger partial charge in [0.1, 0.15) is 10.6 Å². The molecule has 0 spiro atoms. The molecule has 0 aliphatic carbocycles. The minimum absolute atomic E-state index is 0.124. The van der Waals surface area contributed by atoms with Gasteiger partial charge in [-0.25, -0.2) is 0 Å². The van der Waals surface area contributed by atoms with Gasteiger partial charge in [0.25, 0.3) is 0 Å². The summed E-state index contributed by atoms with van der Waals surface area (Å²) in [5.41, 5.74) is 0.864. The summed E-state index contributed by atoms with van der Waals surface area (Å²) in [4.78, 5) is 0.124. The highest BCUT2D eigenvalue weighted by Gasteiger charge is 2.21. The second-order valence-corrected chi connectivity index (χ2v) is 7.03. The molecule has 5 heteroatoms. The fourth-order valence-electron chi connectivity index (χ4n) is 1.84. The molecule has 0 fully saturated rings. The van der Waals surface area contributed by atoms with Gasteiger partial charge in [0.2, 0.25) is 0 Å². The van der Waals surface area contributed by atoms with E-state index in [0.717, 1.165) is 5.56 Å². The van der Waals surface area contributed by atoms with Gasteiger partial charge in [0.15, 0.2) is 0 Å². The van der Waals surface area contributed by atoms with Gasteiger partial charge >= 0.3 is 10.1 Å². The van der Waals surface area contributed by atoms with E-state index in [9.17, 15) is 8.42 Å². The third-order valence-electron chi connectivity index (χ3n) is 2.85. The van der Waals surface area contributed by atoms with Gasteiger partial charge in [-0.15, -0.1) is 0 Å². The number of halogens is 1. The van der Waals surface area contributed by atoms with Crippen molar-refractivity contribution in [1.29, 1.82) is 0 Å². The Morgan fingerprint density at radius 2 is 1.60 bits per heavy atom. The van der Waals surface area contributed by atoms with Gasteiger partial charge in [-0.05, 0) is 45.6 Å². The first-order valence-electron chi connectivity index (χ1n) is 6.20. The van der Waals surface area contributed by atoms with E-state index in [0.29, 0.717) is 10.2 Å². The van der Waals surface area contributed by atoms with Crippen LogP contribution in [0.5, 0.6) is 5.75 Å². The molecule has 2 rings (SSSR count). The van der Waals surface area contributed by atoms with E-state index in [1.807, 2.05) is 26.0 Å². The van der Waals surface area contributed by atoms with E-state index in [1.165, 1.54) is 6.07 Å². The Labute approximate surface area is 127 Å².